The summed E-state index contributed by atoms with van der Waals surface area (Å²) in [6, 6.07) is 20.3. The summed E-state index contributed by atoms with van der Waals surface area (Å²) in [6.45, 7) is 0. The van der Waals surface area contributed by atoms with Crippen LogP contribution in [0.25, 0.3) is 11.1 Å². The van der Waals surface area contributed by atoms with Crippen LogP contribution in [-0.2, 0) is 0 Å². The number of hydrogen-bond acceptors (Lipinski definition) is 2. The summed E-state index contributed by atoms with van der Waals surface area (Å²) < 4.78 is 1.03. The molecule has 1 heterocycles. The lowest BCUT2D eigenvalue weighted by molar-refractivity contribution is 0.221. The fourth-order valence-corrected chi connectivity index (χ4v) is 3.34. The first-order chi connectivity index (χ1) is 9.74. The third-order valence-corrected chi connectivity index (χ3v) is 4.76. The Morgan fingerprint density at radius 2 is 1.50 bits per heavy atom. The first kappa shape index (κ1) is 13.6. The lowest BCUT2D eigenvalue weighted by atomic mass is 10.00. The molecule has 3 aromatic rings. The van der Waals surface area contributed by atoms with Crippen molar-refractivity contribution in [3.8, 4) is 11.1 Å². The largest absolute Gasteiger partial charge is 0.384 e. The molecule has 0 aliphatic heterocycles. The molecule has 3 heteroatoms. The van der Waals surface area contributed by atoms with Gasteiger partial charge in [0.15, 0.2) is 0 Å². The van der Waals surface area contributed by atoms with Gasteiger partial charge in [-0.2, -0.15) is 0 Å². The van der Waals surface area contributed by atoms with Gasteiger partial charge in [-0.25, -0.2) is 0 Å². The molecule has 0 aliphatic carbocycles. The smallest absolute Gasteiger partial charge is 0.105 e. The summed E-state index contributed by atoms with van der Waals surface area (Å²) in [5, 5.41) is 12.3. The van der Waals surface area contributed by atoms with Crippen molar-refractivity contribution in [2.45, 2.75) is 6.10 Å². The second-order valence-corrected chi connectivity index (χ2v) is 6.87. The Kier molecular flexibility index (Phi) is 4.01. The van der Waals surface area contributed by atoms with E-state index in [-0.39, 0.29) is 0 Å². The molecule has 2 aromatic carbocycles. The normalized spacial score (nSPS) is 12.3. The van der Waals surface area contributed by atoms with Crippen LogP contribution in [-0.4, -0.2) is 5.11 Å². The quantitative estimate of drug-likeness (QED) is 0.687. The number of halogens is 1. The van der Waals surface area contributed by atoms with Crippen LogP contribution in [0.2, 0.25) is 0 Å². The number of aliphatic hydroxyl groups is 1. The lowest BCUT2D eigenvalue weighted by Gasteiger charge is -2.10. The zero-order valence-electron chi connectivity index (χ0n) is 10.7. The van der Waals surface area contributed by atoms with Crippen molar-refractivity contribution in [2.75, 3.05) is 0 Å². The molecule has 1 unspecified atom stereocenters. The molecule has 1 atom stereocenters. The fraction of sp³-hybridized carbons (Fsp3) is 0.0588. The molecule has 0 spiro atoms. The fourth-order valence-electron chi connectivity index (χ4n) is 2.15. The zero-order chi connectivity index (χ0) is 13.9. The molecule has 0 saturated carbocycles. The summed E-state index contributed by atoms with van der Waals surface area (Å²) in [4.78, 5) is 0. The molecule has 0 aliphatic rings. The minimum absolute atomic E-state index is 0.567. The van der Waals surface area contributed by atoms with Gasteiger partial charge in [-0.3, -0.25) is 0 Å². The summed E-state index contributed by atoms with van der Waals surface area (Å²) in [6.07, 6.45) is -0.567. The molecular formula is C17H13BrOS. The highest BCUT2D eigenvalue weighted by atomic mass is 79.9. The van der Waals surface area contributed by atoms with Gasteiger partial charge in [0.05, 0.1) is 3.79 Å². The van der Waals surface area contributed by atoms with Gasteiger partial charge in [0.1, 0.15) is 6.10 Å². The van der Waals surface area contributed by atoms with E-state index in [1.54, 1.807) is 11.3 Å². The van der Waals surface area contributed by atoms with E-state index in [1.807, 2.05) is 41.8 Å². The van der Waals surface area contributed by atoms with Gasteiger partial charge < -0.3 is 5.11 Å². The van der Waals surface area contributed by atoms with E-state index in [0.717, 1.165) is 20.5 Å². The monoisotopic (exact) mass is 344 g/mol. The third-order valence-electron chi connectivity index (χ3n) is 3.24. The van der Waals surface area contributed by atoms with E-state index in [0.29, 0.717) is 0 Å². The average molecular weight is 345 g/mol. The SMILES string of the molecule is OC(c1ccc(-c2ccccc2)cc1)c1csc(Br)c1. The van der Waals surface area contributed by atoms with Crippen molar-refractivity contribution in [3.05, 3.63) is 81.0 Å². The molecule has 0 bridgehead atoms. The maximum absolute atomic E-state index is 10.4. The van der Waals surface area contributed by atoms with Gasteiger partial charge in [-0.15, -0.1) is 11.3 Å². The van der Waals surface area contributed by atoms with Crippen LogP contribution in [0.4, 0.5) is 0 Å². The highest BCUT2D eigenvalue weighted by Gasteiger charge is 2.12. The molecule has 20 heavy (non-hydrogen) atoms. The van der Waals surface area contributed by atoms with Gasteiger partial charge in [-0.05, 0) is 49.6 Å². The van der Waals surface area contributed by atoms with Crippen molar-refractivity contribution in [1.29, 1.82) is 0 Å². The molecule has 3 rings (SSSR count). The van der Waals surface area contributed by atoms with Crippen molar-refractivity contribution < 1.29 is 5.11 Å². The van der Waals surface area contributed by atoms with Crippen LogP contribution in [0, 0.1) is 0 Å². The predicted octanol–water partition coefficient (Wildman–Crippen LogP) is 5.26. The van der Waals surface area contributed by atoms with Gasteiger partial charge in [0.25, 0.3) is 0 Å². The Morgan fingerprint density at radius 1 is 0.850 bits per heavy atom. The zero-order valence-corrected chi connectivity index (χ0v) is 13.1. The summed E-state index contributed by atoms with van der Waals surface area (Å²) in [7, 11) is 0. The highest BCUT2D eigenvalue weighted by molar-refractivity contribution is 9.11. The van der Waals surface area contributed by atoms with Crippen LogP contribution in [0.5, 0.6) is 0 Å². The van der Waals surface area contributed by atoms with Gasteiger partial charge in [0.2, 0.25) is 0 Å². The Balaban J connectivity index is 1.86. The first-order valence-corrected chi connectivity index (χ1v) is 7.99. The minimum atomic E-state index is -0.567. The molecular weight excluding hydrogens is 332 g/mol. The Morgan fingerprint density at radius 3 is 2.10 bits per heavy atom. The van der Waals surface area contributed by atoms with Crippen LogP contribution < -0.4 is 0 Å². The minimum Gasteiger partial charge on any atom is -0.384 e. The molecule has 0 radical (unpaired) electrons. The van der Waals surface area contributed by atoms with E-state index in [1.165, 1.54) is 5.56 Å². The second kappa shape index (κ2) is 5.92. The van der Waals surface area contributed by atoms with Gasteiger partial charge in [-0.1, -0.05) is 54.6 Å². The standard InChI is InChI=1S/C17H13BrOS/c18-16-10-15(11-20-16)17(19)14-8-6-13(7-9-14)12-4-2-1-3-5-12/h1-11,17,19H. The molecule has 1 nitrogen and oxygen atoms in total. The van der Waals surface area contributed by atoms with E-state index in [4.69, 9.17) is 0 Å². The molecule has 100 valence electrons. The van der Waals surface area contributed by atoms with Crippen LogP contribution in [0.15, 0.2) is 69.8 Å². The highest BCUT2D eigenvalue weighted by Crippen LogP contribution is 2.30. The second-order valence-electron chi connectivity index (χ2n) is 4.57. The van der Waals surface area contributed by atoms with Crippen molar-refractivity contribution in [3.63, 3.8) is 0 Å². The molecule has 0 fully saturated rings. The van der Waals surface area contributed by atoms with E-state index in [9.17, 15) is 5.11 Å². The summed E-state index contributed by atoms with van der Waals surface area (Å²) >= 11 is 5.01. The average Bonchev–Trinajstić information content (AvgIpc) is 2.94. The first-order valence-electron chi connectivity index (χ1n) is 6.31. The number of benzene rings is 2. The van der Waals surface area contributed by atoms with Crippen molar-refractivity contribution >= 4 is 27.3 Å². The molecule has 0 amide bonds. The maximum atomic E-state index is 10.4. The van der Waals surface area contributed by atoms with Crippen molar-refractivity contribution in [2.24, 2.45) is 0 Å². The summed E-state index contributed by atoms with van der Waals surface area (Å²) in [5.41, 5.74) is 4.18. The molecule has 1 aromatic heterocycles. The third kappa shape index (κ3) is 2.85. The number of aliphatic hydroxyl groups excluding tert-OH is 1. The van der Waals surface area contributed by atoms with Crippen LogP contribution >= 0.6 is 27.3 Å². The van der Waals surface area contributed by atoms with Gasteiger partial charge in [0, 0.05) is 0 Å². The Hall–Kier alpha value is -1.42. The van der Waals surface area contributed by atoms with E-state index in [2.05, 4.69) is 40.2 Å². The van der Waals surface area contributed by atoms with Crippen LogP contribution in [0.3, 0.4) is 0 Å². The molecule has 0 saturated heterocycles. The predicted molar refractivity (Wildman–Crippen MR) is 88.0 cm³/mol. The Labute approximate surface area is 130 Å². The van der Waals surface area contributed by atoms with Gasteiger partial charge >= 0.3 is 0 Å². The number of rotatable bonds is 3. The number of hydrogen-bond donors (Lipinski definition) is 1. The lowest BCUT2D eigenvalue weighted by Crippen LogP contribution is -1.97. The van der Waals surface area contributed by atoms with Crippen LogP contribution in [0.1, 0.15) is 17.2 Å². The van der Waals surface area contributed by atoms with E-state index < -0.39 is 6.10 Å². The van der Waals surface area contributed by atoms with Crippen molar-refractivity contribution in [1.82, 2.24) is 0 Å². The Bertz CT molecular complexity index is 689. The molecule has 1 N–H and O–H groups in total. The van der Waals surface area contributed by atoms with E-state index >= 15 is 0 Å². The number of thiophene rings is 1. The summed E-state index contributed by atoms with van der Waals surface area (Å²) in [5.74, 6) is 0. The maximum Gasteiger partial charge on any atom is 0.105 e. The topological polar surface area (TPSA) is 20.2 Å².